The van der Waals surface area contributed by atoms with Crippen LogP contribution < -0.4 is 0 Å². The molecule has 0 spiro atoms. The Kier molecular flexibility index (Phi) is 6.77. The number of piperazine rings is 1. The minimum absolute atomic E-state index is 0.0172. The minimum atomic E-state index is 0.0172. The summed E-state index contributed by atoms with van der Waals surface area (Å²) in [5, 5.41) is 0.862. The maximum absolute atomic E-state index is 13.6. The number of aromatic nitrogens is 2. The second-order valence-corrected chi connectivity index (χ2v) is 10.1. The lowest BCUT2D eigenvalue weighted by atomic mass is 9.92. The van der Waals surface area contributed by atoms with Crippen molar-refractivity contribution in [1.82, 2.24) is 24.7 Å². The average molecular weight is 472 g/mol. The van der Waals surface area contributed by atoms with E-state index in [4.69, 9.17) is 4.98 Å². The van der Waals surface area contributed by atoms with Gasteiger partial charge in [-0.3, -0.25) is 19.5 Å². The number of likely N-dealkylation sites (tertiary alicyclic amines) is 1. The van der Waals surface area contributed by atoms with E-state index in [2.05, 4.69) is 23.7 Å². The fraction of sp³-hybridized carbons (Fsp3) is 0.429. The summed E-state index contributed by atoms with van der Waals surface area (Å²) in [6.07, 6.45) is 4.66. The molecule has 2 unspecified atom stereocenters. The van der Waals surface area contributed by atoms with Gasteiger partial charge in [-0.25, -0.2) is 4.98 Å². The smallest absolute Gasteiger partial charge is 0.254 e. The Morgan fingerprint density at radius 1 is 0.914 bits per heavy atom. The molecule has 2 aliphatic heterocycles. The lowest BCUT2D eigenvalue weighted by Gasteiger charge is -2.38. The van der Waals surface area contributed by atoms with E-state index in [1.807, 2.05) is 52.3 Å². The van der Waals surface area contributed by atoms with Crippen molar-refractivity contribution < 1.29 is 9.59 Å². The zero-order valence-electron chi connectivity index (χ0n) is 20.6. The van der Waals surface area contributed by atoms with E-state index in [-0.39, 0.29) is 11.8 Å². The Balaban J connectivity index is 1.28. The van der Waals surface area contributed by atoms with Gasteiger partial charge in [-0.2, -0.15) is 0 Å². The number of pyridine rings is 2. The van der Waals surface area contributed by atoms with Crippen LogP contribution >= 0.6 is 0 Å². The molecular weight excluding hydrogens is 438 g/mol. The van der Waals surface area contributed by atoms with Crippen molar-refractivity contribution in [1.29, 1.82) is 0 Å². The maximum atomic E-state index is 13.6. The Morgan fingerprint density at radius 3 is 2.31 bits per heavy atom. The number of fused-ring (bicyclic) bond motifs is 1. The van der Waals surface area contributed by atoms with Crippen molar-refractivity contribution in [3.63, 3.8) is 0 Å². The molecule has 182 valence electrons. The van der Waals surface area contributed by atoms with E-state index >= 15 is 0 Å². The van der Waals surface area contributed by atoms with Crippen molar-refractivity contribution in [3.8, 4) is 11.3 Å². The molecule has 5 rings (SSSR count). The van der Waals surface area contributed by atoms with Crippen molar-refractivity contribution in [2.45, 2.75) is 20.3 Å². The number of para-hydroxylation sites is 1. The lowest BCUT2D eigenvalue weighted by molar-refractivity contribution is -0.135. The number of amides is 2. The monoisotopic (exact) mass is 471 g/mol. The first-order valence-corrected chi connectivity index (χ1v) is 12.6. The Labute approximate surface area is 206 Å². The first-order chi connectivity index (χ1) is 17.0. The van der Waals surface area contributed by atoms with Crippen LogP contribution in [-0.4, -0.2) is 82.3 Å². The van der Waals surface area contributed by atoms with Crippen LogP contribution in [-0.2, 0) is 4.79 Å². The summed E-state index contributed by atoms with van der Waals surface area (Å²) in [6, 6.07) is 13.5. The van der Waals surface area contributed by atoms with Crippen molar-refractivity contribution >= 4 is 22.7 Å². The van der Waals surface area contributed by atoms with Gasteiger partial charge in [0.1, 0.15) is 0 Å². The van der Waals surface area contributed by atoms with Crippen LogP contribution in [0.3, 0.4) is 0 Å². The van der Waals surface area contributed by atoms with Gasteiger partial charge in [0.05, 0.1) is 23.3 Å². The van der Waals surface area contributed by atoms with Gasteiger partial charge in [0.25, 0.3) is 5.91 Å². The van der Waals surface area contributed by atoms with Crippen molar-refractivity contribution in [2.24, 2.45) is 11.8 Å². The molecule has 0 bridgehead atoms. The molecule has 2 aromatic heterocycles. The molecule has 0 N–H and O–H groups in total. The van der Waals surface area contributed by atoms with Gasteiger partial charge in [-0.05, 0) is 42.5 Å². The van der Waals surface area contributed by atoms with Gasteiger partial charge < -0.3 is 9.80 Å². The number of hydrogen-bond acceptors (Lipinski definition) is 5. The van der Waals surface area contributed by atoms with Gasteiger partial charge >= 0.3 is 0 Å². The molecular formula is C28H33N5O2. The lowest BCUT2D eigenvalue weighted by Crippen LogP contribution is -2.53. The number of nitrogens with zero attached hydrogens (tertiary/aromatic N) is 5. The number of piperidine rings is 1. The molecule has 1 aromatic carbocycles. The molecule has 7 heteroatoms. The van der Waals surface area contributed by atoms with E-state index in [0.29, 0.717) is 50.1 Å². The summed E-state index contributed by atoms with van der Waals surface area (Å²) in [5.41, 5.74) is 3.18. The van der Waals surface area contributed by atoms with Crippen LogP contribution in [0.15, 0.2) is 54.9 Å². The number of hydrogen-bond donors (Lipinski definition) is 0. The molecule has 2 amide bonds. The number of benzene rings is 1. The Hall–Kier alpha value is -3.32. The topological polar surface area (TPSA) is 69.6 Å². The normalized spacial score (nSPS) is 21.3. The first-order valence-electron chi connectivity index (χ1n) is 12.6. The summed E-state index contributed by atoms with van der Waals surface area (Å²) in [4.78, 5) is 41.5. The number of rotatable bonds is 4. The average Bonchev–Trinajstić information content (AvgIpc) is 2.88. The van der Waals surface area contributed by atoms with Gasteiger partial charge in [-0.1, -0.05) is 32.0 Å². The van der Waals surface area contributed by atoms with Crippen LogP contribution in [0.1, 0.15) is 30.6 Å². The quantitative estimate of drug-likeness (QED) is 0.582. The molecule has 2 saturated heterocycles. The van der Waals surface area contributed by atoms with Gasteiger partial charge in [0.15, 0.2) is 0 Å². The summed E-state index contributed by atoms with van der Waals surface area (Å²) < 4.78 is 0. The summed E-state index contributed by atoms with van der Waals surface area (Å²) in [5.74, 6) is 1.35. The zero-order chi connectivity index (χ0) is 24.4. The number of carbonyl (C=O) groups excluding carboxylic acids is 2. The molecule has 0 saturated carbocycles. The van der Waals surface area contributed by atoms with E-state index in [9.17, 15) is 9.59 Å². The third-order valence-corrected chi connectivity index (χ3v) is 7.16. The largest absolute Gasteiger partial charge is 0.341 e. The molecule has 3 aromatic rings. The van der Waals surface area contributed by atoms with Crippen LogP contribution in [0.5, 0.6) is 0 Å². The fourth-order valence-corrected chi connectivity index (χ4v) is 5.46. The van der Waals surface area contributed by atoms with Crippen LogP contribution in [0.4, 0.5) is 0 Å². The van der Waals surface area contributed by atoms with E-state index < -0.39 is 0 Å². The standard InChI is InChI=1S/C28H33N5O2/c1-20-15-21(2)18-33(17-20)27(34)19-31-11-13-32(14-12-31)28(35)24-16-26(22-7-9-29-10-8-22)30-25-6-4-3-5-23(24)25/h3-10,16,20-21H,11-15,17-19H2,1-2H3. The molecule has 4 heterocycles. The van der Waals surface area contributed by atoms with Crippen LogP contribution in [0.2, 0.25) is 0 Å². The second kappa shape index (κ2) is 10.1. The summed E-state index contributed by atoms with van der Waals surface area (Å²) in [7, 11) is 0. The molecule has 35 heavy (non-hydrogen) atoms. The molecule has 2 fully saturated rings. The zero-order valence-corrected chi connectivity index (χ0v) is 20.6. The van der Waals surface area contributed by atoms with E-state index in [0.717, 1.165) is 35.2 Å². The molecule has 2 atom stereocenters. The van der Waals surface area contributed by atoms with Crippen LogP contribution in [0.25, 0.3) is 22.2 Å². The highest BCUT2D eigenvalue weighted by Gasteiger charge is 2.29. The third-order valence-electron chi connectivity index (χ3n) is 7.16. The van der Waals surface area contributed by atoms with E-state index in [1.54, 1.807) is 12.4 Å². The van der Waals surface area contributed by atoms with E-state index in [1.165, 1.54) is 6.42 Å². The highest BCUT2D eigenvalue weighted by Crippen LogP contribution is 2.26. The molecule has 7 nitrogen and oxygen atoms in total. The third kappa shape index (κ3) is 5.20. The number of carbonyl (C=O) groups is 2. The van der Waals surface area contributed by atoms with Gasteiger partial charge in [-0.15, -0.1) is 0 Å². The molecule has 0 radical (unpaired) electrons. The predicted molar refractivity (Wildman–Crippen MR) is 137 cm³/mol. The maximum Gasteiger partial charge on any atom is 0.254 e. The second-order valence-electron chi connectivity index (χ2n) is 10.1. The predicted octanol–water partition coefficient (Wildman–Crippen LogP) is 3.56. The first kappa shape index (κ1) is 23.4. The summed E-state index contributed by atoms with van der Waals surface area (Å²) >= 11 is 0. The minimum Gasteiger partial charge on any atom is -0.341 e. The van der Waals surface area contributed by atoms with Crippen molar-refractivity contribution in [2.75, 3.05) is 45.8 Å². The molecule has 2 aliphatic rings. The SMILES string of the molecule is CC1CC(C)CN(C(=O)CN2CCN(C(=O)c3cc(-c4ccncc4)nc4ccccc34)CC2)C1. The van der Waals surface area contributed by atoms with Crippen molar-refractivity contribution in [3.05, 3.63) is 60.4 Å². The van der Waals surface area contributed by atoms with Gasteiger partial charge in [0, 0.05) is 62.6 Å². The fourth-order valence-electron chi connectivity index (χ4n) is 5.46. The molecule has 0 aliphatic carbocycles. The van der Waals surface area contributed by atoms with Crippen LogP contribution in [0, 0.1) is 11.8 Å². The van der Waals surface area contributed by atoms with Gasteiger partial charge in [0.2, 0.25) is 5.91 Å². The Bertz CT molecular complexity index is 1200. The highest BCUT2D eigenvalue weighted by atomic mass is 16.2. The highest BCUT2D eigenvalue weighted by molar-refractivity contribution is 6.07. The summed E-state index contributed by atoms with van der Waals surface area (Å²) in [6.45, 7) is 9.24. The Morgan fingerprint density at radius 2 is 1.60 bits per heavy atom.